The van der Waals surface area contributed by atoms with Crippen LogP contribution < -0.4 is 10.6 Å². The summed E-state index contributed by atoms with van der Waals surface area (Å²) < 4.78 is 22.1. The average molecular weight is 366 g/mol. The van der Waals surface area contributed by atoms with Crippen molar-refractivity contribution in [2.45, 2.75) is 12.8 Å². The minimum absolute atomic E-state index is 0.0775. The molecule has 2 N–H and O–H groups in total. The van der Waals surface area contributed by atoms with Gasteiger partial charge in [-0.25, -0.2) is 8.42 Å². The molecular weight excluding hydrogens is 345 g/mol. The van der Waals surface area contributed by atoms with Crippen LogP contribution >= 0.6 is 23.2 Å². The molecule has 8 heteroatoms. The predicted octanol–water partition coefficient (Wildman–Crippen LogP) is 2.14. The largest absolute Gasteiger partial charge is 0.356 e. The van der Waals surface area contributed by atoms with Gasteiger partial charge in [-0.2, -0.15) is 0 Å². The number of hydrogen-bond acceptors (Lipinski definition) is 3. The van der Waals surface area contributed by atoms with Crippen molar-refractivity contribution in [3.05, 3.63) is 33.8 Å². The van der Waals surface area contributed by atoms with Crippen molar-refractivity contribution in [1.29, 1.82) is 0 Å². The number of nitrogens with zero attached hydrogens (tertiary/aromatic N) is 1. The third kappa shape index (κ3) is 7.87. The second kappa shape index (κ2) is 9.22. The monoisotopic (exact) mass is 365 g/mol. The van der Waals surface area contributed by atoms with Gasteiger partial charge >= 0.3 is 0 Å². The maximum atomic E-state index is 11.1. The van der Waals surface area contributed by atoms with Crippen LogP contribution in [0, 0.1) is 0 Å². The molecule has 0 heterocycles. The number of benzene rings is 1. The molecule has 0 unspecified atom stereocenters. The molecule has 0 spiro atoms. The minimum atomic E-state index is -2.97. The molecule has 0 saturated carbocycles. The first kappa shape index (κ1) is 19.1. The maximum absolute atomic E-state index is 11.1. The van der Waals surface area contributed by atoms with Gasteiger partial charge < -0.3 is 10.6 Å². The first-order valence-electron chi connectivity index (χ1n) is 6.88. The van der Waals surface area contributed by atoms with Crippen molar-refractivity contribution in [2.75, 3.05) is 32.1 Å². The number of hydrogen-bond donors (Lipinski definition) is 2. The van der Waals surface area contributed by atoms with Gasteiger partial charge in [0.25, 0.3) is 0 Å². The number of aliphatic imine (C=N–C) groups is 1. The molecule has 0 radical (unpaired) electrons. The summed E-state index contributed by atoms with van der Waals surface area (Å²) in [5, 5.41) is 7.39. The summed E-state index contributed by atoms with van der Waals surface area (Å²) >= 11 is 12.0. The standard InChI is InChI=1S/C14H21Cl2N3O2S/c1-17-14(19-8-9-22(2,20)21)18-7-3-4-11-5-6-12(15)10-13(11)16/h5-6,10H,3-4,7-9H2,1-2H3,(H2,17,18,19). The van der Waals surface area contributed by atoms with Crippen molar-refractivity contribution in [3.8, 4) is 0 Å². The summed E-state index contributed by atoms with van der Waals surface area (Å²) in [5.74, 6) is 0.666. The molecule has 0 aliphatic rings. The molecule has 1 rings (SSSR count). The lowest BCUT2D eigenvalue weighted by Crippen LogP contribution is -2.40. The van der Waals surface area contributed by atoms with E-state index in [9.17, 15) is 8.42 Å². The second-order valence-corrected chi connectivity index (χ2v) is 8.00. The topological polar surface area (TPSA) is 70.6 Å². The first-order valence-corrected chi connectivity index (χ1v) is 9.69. The van der Waals surface area contributed by atoms with E-state index in [2.05, 4.69) is 15.6 Å². The fraction of sp³-hybridized carbons (Fsp3) is 0.500. The molecule has 0 aliphatic carbocycles. The van der Waals surface area contributed by atoms with Gasteiger partial charge in [-0.15, -0.1) is 0 Å². The minimum Gasteiger partial charge on any atom is -0.356 e. The van der Waals surface area contributed by atoms with Gasteiger partial charge in [0.2, 0.25) is 0 Å². The van der Waals surface area contributed by atoms with Gasteiger partial charge in [-0.05, 0) is 30.5 Å². The fourth-order valence-electron chi connectivity index (χ4n) is 1.79. The Labute approximate surface area is 142 Å². The third-order valence-electron chi connectivity index (χ3n) is 2.92. The summed E-state index contributed by atoms with van der Waals surface area (Å²) in [7, 11) is -1.32. The molecule has 0 amide bonds. The van der Waals surface area contributed by atoms with Crippen LogP contribution in [-0.4, -0.2) is 46.5 Å². The molecule has 0 saturated heterocycles. The molecule has 0 aromatic heterocycles. The summed E-state index contributed by atoms with van der Waals surface area (Å²) in [6, 6.07) is 5.48. The molecular formula is C14H21Cl2N3O2S. The third-order valence-corrected chi connectivity index (χ3v) is 4.45. The fourth-order valence-corrected chi connectivity index (χ4v) is 2.76. The smallest absolute Gasteiger partial charge is 0.191 e. The second-order valence-electron chi connectivity index (χ2n) is 4.89. The zero-order valence-electron chi connectivity index (χ0n) is 12.7. The number of guanidine groups is 1. The van der Waals surface area contributed by atoms with Crippen molar-refractivity contribution in [2.24, 2.45) is 4.99 Å². The zero-order chi connectivity index (χ0) is 16.6. The Morgan fingerprint density at radius 3 is 2.50 bits per heavy atom. The van der Waals surface area contributed by atoms with Gasteiger partial charge in [0.15, 0.2) is 5.96 Å². The molecule has 1 aromatic rings. The van der Waals surface area contributed by atoms with E-state index in [0.717, 1.165) is 18.4 Å². The zero-order valence-corrected chi connectivity index (χ0v) is 15.0. The van der Waals surface area contributed by atoms with Crippen LogP contribution in [0.3, 0.4) is 0 Å². The quantitative estimate of drug-likeness (QED) is 0.441. The van der Waals surface area contributed by atoms with Gasteiger partial charge in [0, 0.05) is 36.4 Å². The Morgan fingerprint density at radius 1 is 1.23 bits per heavy atom. The highest BCUT2D eigenvalue weighted by atomic mass is 35.5. The lowest BCUT2D eigenvalue weighted by atomic mass is 10.1. The van der Waals surface area contributed by atoms with E-state index in [1.807, 2.05) is 12.1 Å². The summed E-state index contributed by atoms with van der Waals surface area (Å²) in [6.07, 6.45) is 2.90. The van der Waals surface area contributed by atoms with Crippen LogP contribution in [0.2, 0.25) is 10.0 Å². The normalized spacial score (nSPS) is 12.3. The van der Waals surface area contributed by atoms with E-state index in [1.165, 1.54) is 6.26 Å². The number of rotatable bonds is 7. The highest BCUT2D eigenvalue weighted by Crippen LogP contribution is 2.21. The van der Waals surface area contributed by atoms with E-state index in [0.29, 0.717) is 29.1 Å². The average Bonchev–Trinajstić information content (AvgIpc) is 2.42. The van der Waals surface area contributed by atoms with Crippen molar-refractivity contribution >= 4 is 39.0 Å². The van der Waals surface area contributed by atoms with E-state index in [-0.39, 0.29) is 5.75 Å². The molecule has 1 aromatic carbocycles. The Balaban J connectivity index is 2.30. The Morgan fingerprint density at radius 2 is 1.91 bits per heavy atom. The maximum Gasteiger partial charge on any atom is 0.191 e. The van der Waals surface area contributed by atoms with Crippen molar-refractivity contribution < 1.29 is 8.42 Å². The van der Waals surface area contributed by atoms with Gasteiger partial charge in [-0.3, -0.25) is 4.99 Å². The van der Waals surface area contributed by atoms with Crippen molar-refractivity contribution in [3.63, 3.8) is 0 Å². The lowest BCUT2D eigenvalue weighted by Gasteiger charge is -2.11. The Kier molecular flexibility index (Phi) is 8.00. The predicted molar refractivity (Wildman–Crippen MR) is 93.9 cm³/mol. The molecule has 22 heavy (non-hydrogen) atoms. The lowest BCUT2D eigenvalue weighted by molar-refractivity contribution is 0.600. The molecule has 0 fully saturated rings. The van der Waals surface area contributed by atoms with Crippen LogP contribution in [-0.2, 0) is 16.3 Å². The van der Waals surface area contributed by atoms with Crippen LogP contribution in [0.1, 0.15) is 12.0 Å². The van der Waals surface area contributed by atoms with E-state index in [4.69, 9.17) is 23.2 Å². The van der Waals surface area contributed by atoms with Crippen LogP contribution in [0.4, 0.5) is 0 Å². The number of aryl methyl sites for hydroxylation is 1. The highest BCUT2D eigenvalue weighted by molar-refractivity contribution is 7.90. The summed E-state index contributed by atoms with van der Waals surface area (Å²) in [4.78, 5) is 4.04. The summed E-state index contributed by atoms with van der Waals surface area (Å²) in [6.45, 7) is 1.04. The Bertz CT molecular complexity index is 619. The highest BCUT2D eigenvalue weighted by Gasteiger charge is 2.04. The Hall–Kier alpha value is -0.980. The number of nitrogens with one attached hydrogen (secondary N) is 2. The number of halogens is 2. The summed E-state index contributed by atoms with van der Waals surface area (Å²) in [5.41, 5.74) is 1.05. The van der Waals surface area contributed by atoms with E-state index < -0.39 is 9.84 Å². The van der Waals surface area contributed by atoms with Gasteiger partial charge in [0.05, 0.1) is 5.75 Å². The molecule has 0 aliphatic heterocycles. The molecule has 5 nitrogen and oxygen atoms in total. The number of sulfone groups is 1. The van der Waals surface area contributed by atoms with E-state index >= 15 is 0 Å². The van der Waals surface area contributed by atoms with Crippen molar-refractivity contribution in [1.82, 2.24) is 10.6 Å². The van der Waals surface area contributed by atoms with Crippen LogP contribution in [0.5, 0.6) is 0 Å². The van der Waals surface area contributed by atoms with Gasteiger partial charge in [0.1, 0.15) is 9.84 Å². The first-order chi connectivity index (χ1) is 10.3. The SMILES string of the molecule is CN=C(NCCCc1ccc(Cl)cc1Cl)NCCS(C)(=O)=O. The molecule has 124 valence electrons. The van der Waals surface area contributed by atoms with E-state index in [1.54, 1.807) is 13.1 Å². The van der Waals surface area contributed by atoms with Crippen LogP contribution in [0.25, 0.3) is 0 Å². The molecule has 0 bridgehead atoms. The van der Waals surface area contributed by atoms with Gasteiger partial charge in [-0.1, -0.05) is 29.3 Å². The molecule has 0 atom stereocenters. The van der Waals surface area contributed by atoms with Crippen LogP contribution in [0.15, 0.2) is 23.2 Å².